The maximum atomic E-state index is 13.4. The summed E-state index contributed by atoms with van der Waals surface area (Å²) in [5.74, 6) is -1.54. The van der Waals surface area contributed by atoms with E-state index in [1.165, 1.54) is 25.3 Å². The smallest absolute Gasteiger partial charge is 0.311 e. The van der Waals surface area contributed by atoms with E-state index in [-0.39, 0.29) is 24.3 Å². The Hall–Kier alpha value is -2.41. The number of para-hydroxylation sites is 1. The van der Waals surface area contributed by atoms with E-state index in [0.29, 0.717) is 5.75 Å². The van der Waals surface area contributed by atoms with E-state index in [9.17, 15) is 14.0 Å². The van der Waals surface area contributed by atoms with Crippen molar-refractivity contribution in [3.8, 4) is 17.2 Å². The zero-order chi connectivity index (χ0) is 17.5. The highest BCUT2D eigenvalue weighted by Crippen LogP contribution is 2.30. The molecular weight excluding hydrogens is 383 g/mol. The molecule has 0 atom stereocenters. The van der Waals surface area contributed by atoms with Crippen LogP contribution in [0, 0.1) is 5.82 Å². The number of carbonyl (C=O) groups excluding carboxylic acids is 2. The Labute approximate surface area is 146 Å². The highest BCUT2D eigenvalue weighted by molar-refractivity contribution is 9.10. The lowest BCUT2D eigenvalue weighted by atomic mass is 10.3. The third-order valence-electron chi connectivity index (χ3n) is 2.94. The van der Waals surface area contributed by atoms with Crippen LogP contribution in [0.25, 0.3) is 0 Å². The van der Waals surface area contributed by atoms with Gasteiger partial charge in [-0.15, -0.1) is 0 Å². The lowest BCUT2D eigenvalue weighted by Crippen LogP contribution is -2.14. The van der Waals surface area contributed by atoms with Crippen LogP contribution in [0.4, 0.5) is 4.39 Å². The SMILES string of the molecule is COc1cc(Br)ccc1OC(=O)CCC(=O)Oc1ccccc1F. The van der Waals surface area contributed by atoms with E-state index >= 15 is 0 Å². The van der Waals surface area contributed by atoms with Crippen molar-refractivity contribution in [2.45, 2.75) is 12.8 Å². The molecule has 0 saturated heterocycles. The number of esters is 2. The fourth-order valence-electron chi connectivity index (χ4n) is 1.80. The van der Waals surface area contributed by atoms with Gasteiger partial charge in [-0.1, -0.05) is 28.1 Å². The molecule has 0 unspecified atom stereocenters. The summed E-state index contributed by atoms with van der Waals surface area (Å²) < 4.78 is 29.2. The van der Waals surface area contributed by atoms with Crippen molar-refractivity contribution in [2.75, 3.05) is 7.11 Å². The Morgan fingerprint density at radius 1 is 0.958 bits per heavy atom. The third kappa shape index (κ3) is 5.06. The van der Waals surface area contributed by atoms with Gasteiger partial charge in [0.25, 0.3) is 0 Å². The van der Waals surface area contributed by atoms with Crippen LogP contribution < -0.4 is 14.2 Å². The summed E-state index contributed by atoms with van der Waals surface area (Å²) in [6.45, 7) is 0. The molecule has 24 heavy (non-hydrogen) atoms. The standard InChI is InChI=1S/C17H14BrFO5/c1-22-15-10-11(18)6-7-14(15)24-17(21)9-8-16(20)23-13-5-3-2-4-12(13)19/h2-7,10H,8-9H2,1H3. The van der Waals surface area contributed by atoms with Crippen LogP contribution in [-0.4, -0.2) is 19.0 Å². The van der Waals surface area contributed by atoms with Crippen LogP contribution in [0.15, 0.2) is 46.9 Å². The molecule has 0 saturated carbocycles. The van der Waals surface area contributed by atoms with Crippen LogP contribution in [0.1, 0.15) is 12.8 Å². The minimum Gasteiger partial charge on any atom is -0.493 e. The number of ether oxygens (including phenoxy) is 3. The zero-order valence-corrected chi connectivity index (χ0v) is 14.3. The first-order valence-electron chi connectivity index (χ1n) is 6.99. The van der Waals surface area contributed by atoms with Crippen LogP contribution in [-0.2, 0) is 9.59 Å². The Morgan fingerprint density at radius 2 is 1.58 bits per heavy atom. The molecule has 0 aliphatic carbocycles. The van der Waals surface area contributed by atoms with Crippen molar-refractivity contribution in [1.82, 2.24) is 0 Å². The summed E-state index contributed by atoms with van der Waals surface area (Å²) in [6, 6.07) is 10.4. The third-order valence-corrected chi connectivity index (χ3v) is 3.44. The molecule has 0 aliphatic heterocycles. The lowest BCUT2D eigenvalue weighted by molar-refractivity contribution is -0.140. The maximum absolute atomic E-state index is 13.4. The first-order chi connectivity index (χ1) is 11.5. The lowest BCUT2D eigenvalue weighted by Gasteiger charge is -2.09. The fourth-order valence-corrected chi connectivity index (χ4v) is 2.14. The Bertz CT molecular complexity index is 748. The molecule has 0 bridgehead atoms. The topological polar surface area (TPSA) is 61.8 Å². The number of hydrogen-bond donors (Lipinski definition) is 0. The first-order valence-corrected chi connectivity index (χ1v) is 7.78. The van der Waals surface area contributed by atoms with Gasteiger partial charge in [-0.25, -0.2) is 4.39 Å². The number of rotatable bonds is 6. The van der Waals surface area contributed by atoms with E-state index in [0.717, 1.165) is 4.47 Å². The molecule has 0 aliphatic rings. The van der Waals surface area contributed by atoms with E-state index in [1.54, 1.807) is 24.3 Å². The van der Waals surface area contributed by atoms with Gasteiger partial charge in [0.15, 0.2) is 23.1 Å². The van der Waals surface area contributed by atoms with Gasteiger partial charge in [-0.2, -0.15) is 0 Å². The monoisotopic (exact) mass is 396 g/mol. The van der Waals surface area contributed by atoms with Crippen LogP contribution in [0.2, 0.25) is 0 Å². The van der Waals surface area contributed by atoms with Gasteiger partial charge in [0.1, 0.15) is 0 Å². The number of halogens is 2. The summed E-state index contributed by atoms with van der Waals surface area (Å²) in [6.07, 6.45) is -0.432. The van der Waals surface area contributed by atoms with Gasteiger partial charge in [0, 0.05) is 4.47 Å². The average Bonchev–Trinajstić information content (AvgIpc) is 2.56. The molecule has 2 rings (SSSR count). The van der Waals surface area contributed by atoms with Gasteiger partial charge in [0.05, 0.1) is 20.0 Å². The number of benzene rings is 2. The van der Waals surface area contributed by atoms with Crippen molar-refractivity contribution < 1.29 is 28.2 Å². The molecule has 2 aromatic rings. The zero-order valence-electron chi connectivity index (χ0n) is 12.8. The number of carbonyl (C=O) groups is 2. The molecule has 2 aromatic carbocycles. The van der Waals surface area contributed by atoms with Gasteiger partial charge in [-0.05, 0) is 30.3 Å². The molecule has 0 N–H and O–H groups in total. The molecule has 0 fully saturated rings. The van der Waals surface area contributed by atoms with Crippen LogP contribution >= 0.6 is 15.9 Å². The highest BCUT2D eigenvalue weighted by Gasteiger charge is 2.14. The molecule has 0 radical (unpaired) electrons. The van der Waals surface area contributed by atoms with Crippen LogP contribution in [0.3, 0.4) is 0 Å². The normalized spacial score (nSPS) is 10.1. The second-order valence-corrected chi connectivity index (χ2v) is 5.59. The number of methoxy groups -OCH3 is 1. The van der Waals surface area contributed by atoms with Crippen molar-refractivity contribution >= 4 is 27.9 Å². The first kappa shape index (κ1) is 17.9. The summed E-state index contributed by atoms with van der Waals surface area (Å²) >= 11 is 3.28. The Morgan fingerprint density at radius 3 is 2.21 bits per heavy atom. The quantitative estimate of drug-likeness (QED) is 0.547. The second kappa shape index (κ2) is 8.44. The van der Waals surface area contributed by atoms with E-state index < -0.39 is 17.8 Å². The average molecular weight is 397 g/mol. The predicted octanol–water partition coefficient (Wildman–Crippen LogP) is 3.89. The van der Waals surface area contributed by atoms with Crippen molar-refractivity contribution in [3.63, 3.8) is 0 Å². The Balaban J connectivity index is 1.87. The van der Waals surface area contributed by atoms with Crippen LogP contribution in [0.5, 0.6) is 17.2 Å². The molecule has 7 heteroatoms. The van der Waals surface area contributed by atoms with Gasteiger partial charge in [-0.3, -0.25) is 9.59 Å². The van der Waals surface area contributed by atoms with E-state index in [2.05, 4.69) is 15.9 Å². The molecular formula is C17H14BrFO5. The Kier molecular flexibility index (Phi) is 6.31. The summed E-state index contributed by atoms with van der Waals surface area (Å²) in [4.78, 5) is 23.5. The number of hydrogen-bond acceptors (Lipinski definition) is 5. The highest BCUT2D eigenvalue weighted by atomic mass is 79.9. The van der Waals surface area contributed by atoms with Crippen molar-refractivity contribution in [2.24, 2.45) is 0 Å². The maximum Gasteiger partial charge on any atom is 0.311 e. The molecule has 0 heterocycles. The fraction of sp³-hybridized carbons (Fsp3) is 0.176. The van der Waals surface area contributed by atoms with E-state index in [4.69, 9.17) is 14.2 Å². The summed E-state index contributed by atoms with van der Waals surface area (Å²) in [5.41, 5.74) is 0. The second-order valence-electron chi connectivity index (χ2n) is 4.67. The minimum atomic E-state index is -0.722. The molecule has 126 valence electrons. The molecule has 0 aromatic heterocycles. The van der Waals surface area contributed by atoms with Crippen molar-refractivity contribution in [1.29, 1.82) is 0 Å². The molecule has 5 nitrogen and oxygen atoms in total. The van der Waals surface area contributed by atoms with Gasteiger partial charge < -0.3 is 14.2 Å². The minimum absolute atomic E-state index is 0.176. The summed E-state index contributed by atoms with van der Waals surface area (Å²) in [5, 5.41) is 0. The van der Waals surface area contributed by atoms with Gasteiger partial charge >= 0.3 is 11.9 Å². The predicted molar refractivity (Wildman–Crippen MR) is 87.6 cm³/mol. The summed E-state index contributed by atoms with van der Waals surface area (Å²) in [7, 11) is 1.45. The largest absolute Gasteiger partial charge is 0.493 e. The molecule has 0 spiro atoms. The van der Waals surface area contributed by atoms with Crippen molar-refractivity contribution in [3.05, 3.63) is 52.8 Å². The van der Waals surface area contributed by atoms with E-state index in [1.807, 2.05) is 0 Å². The molecule has 0 amide bonds. The van der Waals surface area contributed by atoms with Gasteiger partial charge in [0.2, 0.25) is 0 Å².